The van der Waals surface area contributed by atoms with E-state index in [1.54, 1.807) is 25.7 Å². The van der Waals surface area contributed by atoms with Crippen LogP contribution in [0.25, 0.3) is 0 Å². The molecular formula is C39H67N5O7S. The maximum absolute atomic E-state index is 14.9. The Bertz CT molecular complexity index is 1420. The van der Waals surface area contributed by atoms with Crippen LogP contribution in [0.15, 0.2) is 12.7 Å². The molecule has 12 nitrogen and oxygen atoms in total. The molecule has 0 radical (unpaired) electrons. The molecule has 0 aromatic rings. The number of hydrogen-bond acceptors (Lipinski definition) is 7. The molecule has 3 aliphatic rings. The van der Waals surface area contributed by atoms with Crippen molar-refractivity contribution in [3.05, 3.63) is 12.7 Å². The third-order valence-electron chi connectivity index (χ3n) is 11.7. The lowest BCUT2D eigenvalue weighted by Gasteiger charge is -2.42. The number of ketones is 1. The van der Waals surface area contributed by atoms with Gasteiger partial charge in [0.1, 0.15) is 12.1 Å². The van der Waals surface area contributed by atoms with Crippen LogP contribution in [0.5, 0.6) is 0 Å². The lowest BCUT2D eigenvalue weighted by atomic mass is 9.75. The smallest absolute Gasteiger partial charge is 0.315 e. The van der Waals surface area contributed by atoms with E-state index in [1.807, 2.05) is 34.6 Å². The molecule has 1 saturated heterocycles. The van der Waals surface area contributed by atoms with Crippen molar-refractivity contribution in [2.45, 2.75) is 167 Å². The van der Waals surface area contributed by atoms with E-state index in [0.29, 0.717) is 38.5 Å². The summed E-state index contributed by atoms with van der Waals surface area (Å²) in [7, 11) is -3.57. The predicted octanol–water partition coefficient (Wildman–Crippen LogP) is 4.96. The van der Waals surface area contributed by atoms with Gasteiger partial charge in [0.25, 0.3) is 5.91 Å². The van der Waals surface area contributed by atoms with Crippen LogP contribution in [0.1, 0.15) is 139 Å². The molecule has 52 heavy (non-hydrogen) atoms. The predicted molar refractivity (Wildman–Crippen MR) is 204 cm³/mol. The standard InChI is InChI=1S/C39H67N5O7S/c1-10-12-18-28(30(45)33(47)40-24-11-2)41-32(46)29-27(36(3,4)5)19-25-44(29)34(48)31(38(9)20-16-17-21-38)42-35(49)43-39(22-14-13-15-23-39)26-52(50,51)37(6,7)8/h11,27-29,31H,2,10,12-26H2,1,3-9H3,(H,40,47)(H,41,46)(H2,42,43,49)/t27?,28?,29?,31-/m1/s1. The van der Waals surface area contributed by atoms with Crippen LogP contribution in [0.4, 0.5) is 4.79 Å². The number of amides is 5. The number of nitrogens with one attached hydrogen (secondary N) is 4. The molecule has 1 heterocycles. The molecule has 4 atom stereocenters. The zero-order chi connectivity index (χ0) is 39.1. The van der Waals surface area contributed by atoms with Crippen LogP contribution in [0.3, 0.4) is 0 Å². The highest BCUT2D eigenvalue weighted by atomic mass is 32.2. The Morgan fingerprint density at radius 2 is 1.52 bits per heavy atom. The van der Waals surface area contributed by atoms with Gasteiger partial charge < -0.3 is 26.2 Å². The van der Waals surface area contributed by atoms with Crippen molar-refractivity contribution in [2.75, 3.05) is 18.8 Å². The average molecular weight is 750 g/mol. The lowest BCUT2D eigenvalue weighted by molar-refractivity contribution is -0.145. The molecular weight excluding hydrogens is 683 g/mol. The molecule has 5 amide bonds. The Hall–Kier alpha value is -2.96. The highest BCUT2D eigenvalue weighted by Crippen LogP contribution is 2.44. The van der Waals surface area contributed by atoms with Crippen molar-refractivity contribution >= 4 is 39.4 Å². The van der Waals surface area contributed by atoms with Crippen LogP contribution >= 0.6 is 0 Å². The minimum absolute atomic E-state index is 0.115. The van der Waals surface area contributed by atoms with Crippen LogP contribution in [-0.4, -0.2) is 90.1 Å². The second-order valence-corrected chi connectivity index (χ2v) is 20.7. The summed E-state index contributed by atoms with van der Waals surface area (Å²) >= 11 is 0. The molecule has 2 saturated carbocycles. The normalized spacial score (nSPS) is 22.9. The number of urea groups is 1. The van der Waals surface area contributed by atoms with Crippen molar-refractivity contribution in [2.24, 2.45) is 16.7 Å². The third kappa shape index (κ3) is 10.6. The van der Waals surface area contributed by atoms with E-state index < -0.39 is 67.3 Å². The van der Waals surface area contributed by atoms with Crippen molar-refractivity contribution in [1.29, 1.82) is 0 Å². The molecule has 0 aromatic heterocycles. The second-order valence-electron chi connectivity index (χ2n) is 17.9. The molecule has 2 aliphatic carbocycles. The fourth-order valence-corrected chi connectivity index (χ4v) is 9.83. The van der Waals surface area contributed by atoms with Gasteiger partial charge in [0, 0.05) is 13.1 Å². The van der Waals surface area contributed by atoms with Crippen LogP contribution in [0, 0.1) is 16.7 Å². The van der Waals surface area contributed by atoms with Crippen LogP contribution in [-0.2, 0) is 29.0 Å². The lowest BCUT2D eigenvalue weighted by Crippen LogP contribution is -2.64. The highest BCUT2D eigenvalue weighted by molar-refractivity contribution is 7.92. The van der Waals surface area contributed by atoms with Crippen LogP contribution < -0.4 is 21.3 Å². The molecule has 0 bridgehead atoms. The largest absolute Gasteiger partial charge is 0.346 e. The van der Waals surface area contributed by atoms with Gasteiger partial charge in [-0.15, -0.1) is 6.58 Å². The quantitative estimate of drug-likeness (QED) is 0.135. The van der Waals surface area contributed by atoms with Gasteiger partial charge >= 0.3 is 6.03 Å². The van der Waals surface area contributed by atoms with E-state index in [4.69, 9.17) is 0 Å². The molecule has 4 N–H and O–H groups in total. The first-order valence-electron chi connectivity index (χ1n) is 19.5. The molecule has 3 rings (SSSR count). The first-order chi connectivity index (χ1) is 24.1. The Morgan fingerprint density at radius 3 is 2.06 bits per heavy atom. The topological polar surface area (TPSA) is 171 Å². The monoisotopic (exact) mass is 749 g/mol. The number of carbonyl (C=O) groups excluding carboxylic acids is 5. The van der Waals surface area contributed by atoms with Gasteiger partial charge in [0.05, 0.1) is 22.1 Å². The number of hydrogen-bond donors (Lipinski definition) is 4. The summed E-state index contributed by atoms with van der Waals surface area (Å²) in [6.45, 7) is 19.0. The highest BCUT2D eigenvalue weighted by Gasteiger charge is 2.52. The summed E-state index contributed by atoms with van der Waals surface area (Å²) in [5.41, 5.74) is -1.93. The number of rotatable bonds is 15. The summed E-state index contributed by atoms with van der Waals surface area (Å²) in [5, 5.41) is 11.5. The SMILES string of the molecule is C=CCNC(=O)C(=O)C(CCCC)NC(=O)C1C(C(C)(C)C)CCN1C(=O)[C@@H](NC(=O)NC1(CS(=O)(=O)C(C)(C)C)CCCCC1)C1(C)CCCC1. The van der Waals surface area contributed by atoms with E-state index in [2.05, 4.69) is 27.8 Å². The Labute approximate surface area is 312 Å². The van der Waals surface area contributed by atoms with Crippen molar-refractivity contribution in [1.82, 2.24) is 26.2 Å². The maximum Gasteiger partial charge on any atom is 0.315 e. The van der Waals surface area contributed by atoms with Gasteiger partial charge in [-0.05, 0) is 76.0 Å². The summed E-state index contributed by atoms with van der Waals surface area (Å²) < 4.78 is 25.9. The van der Waals surface area contributed by atoms with E-state index in [1.165, 1.54) is 6.08 Å². The van der Waals surface area contributed by atoms with Gasteiger partial charge in [0.2, 0.25) is 17.6 Å². The van der Waals surface area contributed by atoms with Gasteiger partial charge in [-0.25, -0.2) is 13.2 Å². The molecule has 0 spiro atoms. The first kappa shape index (κ1) is 43.4. The average Bonchev–Trinajstić information content (AvgIpc) is 3.71. The Kier molecular flexibility index (Phi) is 14.6. The number of likely N-dealkylation sites (tertiary alicyclic amines) is 1. The van der Waals surface area contributed by atoms with E-state index in [-0.39, 0.29) is 42.5 Å². The molecule has 1 aliphatic heterocycles. The summed E-state index contributed by atoms with van der Waals surface area (Å²) in [6, 6.07) is -3.54. The second kappa shape index (κ2) is 17.5. The van der Waals surface area contributed by atoms with Crippen molar-refractivity contribution < 1.29 is 32.4 Å². The number of nitrogens with zero attached hydrogens (tertiary/aromatic N) is 1. The zero-order valence-corrected chi connectivity index (χ0v) is 33.9. The molecule has 0 aromatic carbocycles. The maximum atomic E-state index is 14.9. The molecule has 296 valence electrons. The van der Waals surface area contributed by atoms with Gasteiger partial charge in [-0.3, -0.25) is 19.2 Å². The summed E-state index contributed by atoms with van der Waals surface area (Å²) in [5.74, 6) is -2.85. The van der Waals surface area contributed by atoms with Gasteiger partial charge in [-0.1, -0.05) is 85.6 Å². The van der Waals surface area contributed by atoms with E-state index in [9.17, 15) is 32.4 Å². The minimum atomic E-state index is -3.57. The van der Waals surface area contributed by atoms with Gasteiger partial charge in [-0.2, -0.15) is 0 Å². The fraction of sp³-hybridized carbons (Fsp3) is 0.821. The third-order valence-corrected chi connectivity index (χ3v) is 14.5. The molecule has 13 heteroatoms. The minimum Gasteiger partial charge on any atom is -0.346 e. The van der Waals surface area contributed by atoms with Crippen LogP contribution in [0.2, 0.25) is 0 Å². The summed E-state index contributed by atoms with van der Waals surface area (Å²) in [4.78, 5) is 70.7. The molecule has 3 fully saturated rings. The Balaban J connectivity index is 1.95. The summed E-state index contributed by atoms with van der Waals surface area (Å²) in [6.07, 6.45) is 10.4. The van der Waals surface area contributed by atoms with E-state index in [0.717, 1.165) is 38.5 Å². The van der Waals surface area contributed by atoms with Gasteiger partial charge in [0.15, 0.2) is 9.84 Å². The zero-order valence-electron chi connectivity index (χ0n) is 33.1. The fourth-order valence-electron chi connectivity index (χ4n) is 8.31. The first-order valence-corrected chi connectivity index (χ1v) is 21.1. The number of Topliss-reactive ketones (excluding diaryl/α,β-unsaturated/α-hetero) is 1. The number of sulfone groups is 1. The van der Waals surface area contributed by atoms with Crippen molar-refractivity contribution in [3.63, 3.8) is 0 Å². The number of unbranched alkanes of at least 4 members (excludes halogenated alkanes) is 1. The molecule has 3 unspecified atom stereocenters. The number of carbonyl (C=O) groups is 5. The Morgan fingerprint density at radius 1 is 0.923 bits per heavy atom. The van der Waals surface area contributed by atoms with Crippen molar-refractivity contribution in [3.8, 4) is 0 Å². The van der Waals surface area contributed by atoms with E-state index >= 15 is 0 Å².